The van der Waals surface area contributed by atoms with Gasteiger partial charge in [0.1, 0.15) is 0 Å². The Kier molecular flexibility index (Phi) is 2.47. The maximum atomic E-state index is 11.9. The molecule has 0 heterocycles. The zero-order chi connectivity index (χ0) is 9.14. The molecular weight excluding hydrogens is 169 g/mol. The molecular formula is C8H5F3O. The molecule has 0 aliphatic rings. The highest BCUT2D eigenvalue weighted by atomic mass is 19.3. The second-order valence-electron chi connectivity index (χ2n) is 2.20. The summed E-state index contributed by atoms with van der Waals surface area (Å²) in [6, 6.07) is 2.50. The van der Waals surface area contributed by atoms with Gasteiger partial charge in [0.25, 0.3) is 6.43 Å². The van der Waals surface area contributed by atoms with Crippen molar-refractivity contribution in [2.24, 2.45) is 0 Å². The molecule has 0 aliphatic heterocycles. The maximum Gasteiger partial charge on any atom is 0.332 e. The number of benzene rings is 1. The van der Waals surface area contributed by atoms with Gasteiger partial charge in [0.05, 0.1) is 5.56 Å². The lowest BCUT2D eigenvalue weighted by Crippen LogP contribution is -1.90. The zero-order valence-electron chi connectivity index (χ0n) is 5.93. The highest BCUT2D eigenvalue weighted by Gasteiger charge is 2.08. The van der Waals surface area contributed by atoms with Gasteiger partial charge in [-0.2, -0.15) is 4.39 Å². The molecule has 1 aromatic carbocycles. The Hall–Kier alpha value is -1.32. The summed E-state index contributed by atoms with van der Waals surface area (Å²) in [6.45, 7) is 0. The molecule has 0 saturated heterocycles. The van der Waals surface area contributed by atoms with E-state index in [1.165, 1.54) is 0 Å². The molecule has 0 atom stereocenters. The summed E-state index contributed by atoms with van der Waals surface area (Å²) in [7, 11) is 0. The van der Waals surface area contributed by atoms with E-state index in [1.54, 1.807) is 0 Å². The average molecular weight is 174 g/mol. The minimum Gasteiger partial charge on any atom is -0.255 e. The van der Waals surface area contributed by atoms with Crippen molar-refractivity contribution in [3.8, 4) is 0 Å². The molecule has 0 unspecified atom stereocenters. The fraction of sp³-hybridized carbons (Fsp3) is 0.125. The predicted molar refractivity (Wildman–Crippen MR) is 36.8 cm³/mol. The molecule has 1 nitrogen and oxygen atoms in total. The van der Waals surface area contributed by atoms with Gasteiger partial charge in [-0.3, -0.25) is 4.79 Å². The van der Waals surface area contributed by atoms with Gasteiger partial charge in [-0.1, -0.05) is 12.1 Å². The fourth-order valence-electron chi connectivity index (χ4n) is 0.760. The Morgan fingerprint density at radius 3 is 2.00 bits per heavy atom. The molecule has 0 spiro atoms. The summed E-state index contributed by atoms with van der Waals surface area (Å²) in [4.78, 5) is 10.1. The lowest BCUT2D eigenvalue weighted by Gasteiger charge is -1.98. The van der Waals surface area contributed by atoms with Gasteiger partial charge in [0.15, 0.2) is 0 Å². The van der Waals surface area contributed by atoms with E-state index in [-0.39, 0.29) is 11.1 Å². The van der Waals surface area contributed by atoms with Crippen molar-refractivity contribution in [1.82, 2.24) is 0 Å². The summed E-state index contributed by atoms with van der Waals surface area (Å²) >= 11 is 0. The van der Waals surface area contributed by atoms with Crippen LogP contribution >= 0.6 is 0 Å². The average Bonchev–Trinajstić information content (AvgIpc) is 2.04. The molecule has 0 aromatic heterocycles. The van der Waals surface area contributed by atoms with Gasteiger partial charge >= 0.3 is 6.04 Å². The van der Waals surface area contributed by atoms with Crippen LogP contribution in [0.15, 0.2) is 24.3 Å². The normalized spacial score (nSPS) is 10.3. The maximum absolute atomic E-state index is 11.9. The minimum atomic E-state index is -2.59. The highest BCUT2D eigenvalue weighted by molar-refractivity contribution is 5.88. The lowest BCUT2D eigenvalue weighted by atomic mass is 10.1. The van der Waals surface area contributed by atoms with Crippen LogP contribution in [0.4, 0.5) is 13.2 Å². The smallest absolute Gasteiger partial charge is 0.255 e. The molecule has 0 amide bonds. The van der Waals surface area contributed by atoms with Crippen LogP contribution in [-0.4, -0.2) is 6.04 Å². The SMILES string of the molecule is O=C(F)c1ccc(C(F)F)cc1. The highest BCUT2D eigenvalue weighted by Crippen LogP contribution is 2.18. The number of halogens is 3. The number of carbonyl (C=O) groups is 1. The van der Waals surface area contributed by atoms with Gasteiger partial charge in [0.2, 0.25) is 0 Å². The molecule has 4 heteroatoms. The van der Waals surface area contributed by atoms with Crippen LogP contribution < -0.4 is 0 Å². The number of hydrogen-bond acceptors (Lipinski definition) is 1. The van der Waals surface area contributed by atoms with E-state index in [9.17, 15) is 18.0 Å². The van der Waals surface area contributed by atoms with Crippen LogP contribution in [0.5, 0.6) is 0 Å². The Morgan fingerprint density at radius 1 is 1.17 bits per heavy atom. The van der Waals surface area contributed by atoms with Crippen LogP contribution in [0.2, 0.25) is 0 Å². The lowest BCUT2D eigenvalue weighted by molar-refractivity contribution is 0.0835. The Morgan fingerprint density at radius 2 is 1.67 bits per heavy atom. The van der Waals surface area contributed by atoms with Crippen LogP contribution in [0.1, 0.15) is 22.3 Å². The first-order chi connectivity index (χ1) is 5.61. The van der Waals surface area contributed by atoms with Crippen LogP contribution in [-0.2, 0) is 0 Å². The molecule has 1 aromatic rings. The molecule has 0 bridgehead atoms. The van der Waals surface area contributed by atoms with E-state index in [4.69, 9.17) is 0 Å². The number of carbonyl (C=O) groups excluding carboxylic acids is 1. The Bertz CT molecular complexity index is 279. The van der Waals surface area contributed by atoms with Crippen molar-refractivity contribution >= 4 is 6.04 Å². The third-order valence-corrected chi connectivity index (χ3v) is 1.39. The van der Waals surface area contributed by atoms with Crippen LogP contribution in [0.3, 0.4) is 0 Å². The molecule has 1 rings (SSSR count). The first-order valence-electron chi connectivity index (χ1n) is 3.19. The van der Waals surface area contributed by atoms with E-state index in [0.717, 1.165) is 24.3 Å². The van der Waals surface area contributed by atoms with Crippen LogP contribution in [0.25, 0.3) is 0 Å². The summed E-state index contributed by atoms with van der Waals surface area (Å²) in [5.74, 6) is 0. The molecule has 0 aliphatic carbocycles. The van der Waals surface area contributed by atoms with Gasteiger partial charge in [-0.05, 0) is 12.1 Å². The van der Waals surface area contributed by atoms with E-state index in [2.05, 4.69) is 0 Å². The van der Waals surface area contributed by atoms with E-state index in [0.29, 0.717) is 0 Å². The molecule has 0 radical (unpaired) electrons. The Balaban J connectivity index is 2.93. The molecule has 64 valence electrons. The van der Waals surface area contributed by atoms with Crippen molar-refractivity contribution in [3.63, 3.8) is 0 Å². The van der Waals surface area contributed by atoms with Gasteiger partial charge < -0.3 is 0 Å². The predicted octanol–water partition coefficient (Wildman–Crippen LogP) is 2.73. The number of alkyl halides is 2. The second-order valence-corrected chi connectivity index (χ2v) is 2.20. The van der Waals surface area contributed by atoms with E-state index >= 15 is 0 Å². The van der Waals surface area contributed by atoms with E-state index < -0.39 is 12.5 Å². The largest absolute Gasteiger partial charge is 0.332 e. The van der Waals surface area contributed by atoms with Crippen molar-refractivity contribution in [1.29, 1.82) is 0 Å². The molecule has 12 heavy (non-hydrogen) atoms. The third-order valence-electron chi connectivity index (χ3n) is 1.39. The summed E-state index contributed by atoms with van der Waals surface area (Å²) in [6.07, 6.45) is -2.59. The topological polar surface area (TPSA) is 17.1 Å². The molecule has 0 N–H and O–H groups in total. The van der Waals surface area contributed by atoms with Crippen molar-refractivity contribution in [2.45, 2.75) is 6.43 Å². The van der Waals surface area contributed by atoms with Crippen molar-refractivity contribution in [2.75, 3.05) is 0 Å². The standard InChI is InChI=1S/C8H5F3O/c9-7(10)5-1-3-6(4-2-5)8(11)12/h1-4,7H. The quantitative estimate of drug-likeness (QED) is 0.630. The second kappa shape index (κ2) is 3.38. The minimum absolute atomic E-state index is 0.209. The summed E-state index contributed by atoms with van der Waals surface area (Å²) in [5.41, 5.74) is -0.431. The van der Waals surface area contributed by atoms with Crippen molar-refractivity contribution in [3.05, 3.63) is 35.4 Å². The monoisotopic (exact) mass is 174 g/mol. The van der Waals surface area contributed by atoms with Gasteiger partial charge in [0, 0.05) is 5.56 Å². The number of rotatable bonds is 2. The van der Waals surface area contributed by atoms with E-state index in [1.807, 2.05) is 0 Å². The summed E-state index contributed by atoms with van der Waals surface area (Å²) < 4.78 is 35.8. The first-order valence-corrected chi connectivity index (χ1v) is 3.19. The van der Waals surface area contributed by atoms with Crippen LogP contribution in [0, 0.1) is 0 Å². The Labute approximate surface area is 66.8 Å². The third kappa shape index (κ3) is 1.84. The molecule has 0 saturated carbocycles. The van der Waals surface area contributed by atoms with Gasteiger partial charge in [-0.15, -0.1) is 0 Å². The zero-order valence-corrected chi connectivity index (χ0v) is 5.93. The number of hydrogen-bond donors (Lipinski definition) is 0. The fourth-order valence-corrected chi connectivity index (χ4v) is 0.760. The summed E-state index contributed by atoms with van der Waals surface area (Å²) in [5, 5.41) is 0. The van der Waals surface area contributed by atoms with Gasteiger partial charge in [-0.25, -0.2) is 8.78 Å². The van der Waals surface area contributed by atoms with Crippen molar-refractivity contribution < 1.29 is 18.0 Å². The molecule has 0 fully saturated rings. The first kappa shape index (κ1) is 8.77.